The summed E-state index contributed by atoms with van der Waals surface area (Å²) >= 11 is 0. The van der Waals surface area contributed by atoms with Gasteiger partial charge < -0.3 is 10.1 Å². The number of ether oxygens (including phenoxy) is 1. The lowest BCUT2D eigenvalue weighted by Gasteiger charge is -2.61. The fraction of sp³-hybridized carbons (Fsp3) is 0.989. The van der Waals surface area contributed by atoms with Crippen LogP contribution in [-0.4, -0.2) is 25.2 Å². The molecule has 95 heavy (non-hydrogen) atoms. The lowest BCUT2D eigenvalue weighted by atomic mass is 9.44. The Hall–Kier alpha value is -0.570. The topological polar surface area (TPSA) is 38.3 Å². The molecule has 12 fully saturated rings. The van der Waals surface area contributed by atoms with E-state index in [0.717, 1.165) is 163 Å². The number of fused-ring (bicyclic) bond motifs is 15. The molecule has 0 bridgehead atoms. The highest BCUT2D eigenvalue weighted by atomic mass is 16.5. The van der Waals surface area contributed by atoms with Crippen molar-refractivity contribution in [2.24, 2.45) is 168 Å². The van der Waals surface area contributed by atoms with Gasteiger partial charge in [-0.05, 0) is 367 Å². The third kappa shape index (κ3) is 15.6. The Bertz CT molecular complexity index is 2360. The van der Waals surface area contributed by atoms with Crippen LogP contribution in [0.4, 0.5) is 0 Å². The van der Waals surface area contributed by atoms with Crippen molar-refractivity contribution in [2.75, 3.05) is 13.2 Å². The largest absolute Gasteiger partial charge is 0.381 e. The molecule has 0 saturated heterocycles. The van der Waals surface area contributed by atoms with Crippen molar-refractivity contribution in [1.29, 1.82) is 0 Å². The predicted molar refractivity (Wildman–Crippen MR) is 409 cm³/mol. The van der Waals surface area contributed by atoms with E-state index in [0.29, 0.717) is 49.9 Å². The van der Waals surface area contributed by atoms with E-state index in [1.165, 1.54) is 173 Å². The number of nitrogens with one attached hydrogen (secondary N) is 1. The number of carbonyl (C=O) groups excluding carboxylic acids is 1. The maximum Gasteiger partial charge on any atom is 0.220 e. The van der Waals surface area contributed by atoms with Crippen LogP contribution >= 0.6 is 0 Å². The molecule has 0 aliphatic heterocycles. The molecule has 0 heterocycles. The Labute approximate surface area is 593 Å². The Balaban J connectivity index is 0.000000155. The first-order valence-corrected chi connectivity index (χ1v) is 44.1. The summed E-state index contributed by atoms with van der Waals surface area (Å²) in [7, 11) is 0. The van der Waals surface area contributed by atoms with Gasteiger partial charge in [-0.25, -0.2) is 0 Å². The van der Waals surface area contributed by atoms with Crippen LogP contribution in [0.15, 0.2) is 0 Å². The van der Waals surface area contributed by atoms with Crippen molar-refractivity contribution < 1.29 is 9.53 Å². The molecule has 3 nitrogen and oxygen atoms in total. The second kappa shape index (κ2) is 32.2. The van der Waals surface area contributed by atoms with Crippen LogP contribution in [0.25, 0.3) is 0 Å². The van der Waals surface area contributed by atoms with Gasteiger partial charge >= 0.3 is 0 Å². The second-order valence-electron chi connectivity index (χ2n) is 41.2. The van der Waals surface area contributed by atoms with E-state index >= 15 is 0 Å². The second-order valence-corrected chi connectivity index (χ2v) is 41.2. The normalized spacial score (nSPS) is 45.1. The number of carbonyl (C=O) groups is 1. The summed E-state index contributed by atoms with van der Waals surface area (Å²) in [6, 6.07) is 0.362. The minimum Gasteiger partial charge on any atom is -0.381 e. The van der Waals surface area contributed by atoms with Crippen LogP contribution in [0.2, 0.25) is 0 Å². The molecule has 0 aromatic carbocycles. The molecule has 12 aliphatic rings. The third-order valence-corrected chi connectivity index (χ3v) is 36.8. The van der Waals surface area contributed by atoms with E-state index in [1.54, 1.807) is 57.8 Å². The Morgan fingerprint density at radius 3 is 1.13 bits per heavy atom. The van der Waals surface area contributed by atoms with Gasteiger partial charge in [0.25, 0.3) is 0 Å². The minimum atomic E-state index is 0.284. The maximum absolute atomic E-state index is 12.5. The van der Waals surface area contributed by atoms with Gasteiger partial charge in [-0.1, -0.05) is 183 Å². The van der Waals surface area contributed by atoms with E-state index in [2.05, 4.69) is 137 Å². The number of hydrogen-bond donors (Lipinski definition) is 1. The van der Waals surface area contributed by atoms with Gasteiger partial charge in [0.2, 0.25) is 5.91 Å². The lowest BCUT2D eigenvalue weighted by Crippen LogP contribution is -2.53. The van der Waals surface area contributed by atoms with Crippen molar-refractivity contribution in [3.8, 4) is 0 Å². The van der Waals surface area contributed by atoms with Crippen LogP contribution in [0.5, 0.6) is 0 Å². The summed E-state index contributed by atoms with van der Waals surface area (Å²) in [4.78, 5) is 12.5. The summed E-state index contributed by atoms with van der Waals surface area (Å²) in [6.45, 7) is 49.6. The van der Waals surface area contributed by atoms with Gasteiger partial charge in [-0.3, -0.25) is 4.79 Å². The molecule has 12 saturated carbocycles. The van der Waals surface area contributed by atoms with Crippen molar-refractivity contribution in [3.63, 3.8) is 0 Å². The average molecular weight is 1320 g/mol. The molecule has 0 radical (unpaired) electrons. The molecule has 27 atom stereocenters. The van der Waals surface area contributed by atoms with E-state index in [9.17, 15) is 4.79 Å². The van der Waals surface area contributed by atoms with Crippen molar-refractivity contribution in [2.45, 2.75) is 394 Å². The first-order chi connectivity index (χ1) is 45.2. The highest BCUT2D eigenvalue weighted by Gasteiger charge is 2.64. The Kier molecular flexibility index (Phi) is 26.1. The van der Waals surface area contributed by atoms with Crippen LogP contribution in [0.3, 0.4) is 0 Å². The first-order valence-electron chi connectivity index (χ1n) is 44.1. The number of rotatable bonds is 23. The standard InChI is InChI=1S/C32H58O.C30H53NO.C30H54/c1-8-30(5,9-2)22-33-20-10-11-24(4)27-14-15-28-26-13-12-25-21-23(3)16-18-31(25,6)29(26)17-19-32(27,28)7;1-7-23(8-2)31-28(32)14-9-21(4)25-12-13-26-24-11-10-22-19-20(3)15-17-29(22,5)27(24)16-18-30(25,26)6;1-7-23(8-2)11-9-10-22(4)26-14-15-27-25-13-12-24-20-21(3)16-18-29(24,5)28(25)17-19-30(26,27)6/h23-29H,8-22H2,1-7H3;20-27H,7-19H2,1-6H3,(H,31,32);21-28H,7-20H2,1-6H3/t23?,24-,25-,26+,27-,28+,29+,31+,32-;20?,21-,22-,24+,25-,26+,27+,29+,30-;21?,22-,24-,25+,26-,27+,28+,29+,30-/m111/s1. The van der Waals surface area contributed by atoms with E-state index in [1.807, 2.05) is 0 Å². The van der Waals surface area contributed by atoms with Crippen LogP contribution < -0.4 is 5.32 Å². The van der Waals surface area contributed by atoms with Crippen LogP contribution in [0.1, 0.15) is 388 Å². The van der Waals surface area contributed by atoms with Gasteiger partial charge in [0, 0.05) is 19.1 Å². The first kappa shape index (κ1) is 77.1. The molecule has 1 N–H and O–H groups in total. The molecular formula is C92H165NO2. The zero-order valence-electron chi connectivity index (χ0n) is 67.3. The van der Waals surface area contributed by atoms with Gasteiger partial charge in [0.15, 0.2) is 0 Å². The van der Waals surface area contributed by atoms with Crippen molar-refractivity contribution in [1.82, 2.24) is 5.32 Å². The molecule has 3 unspecified atom stereocenters. The Morgan fingerprint density at radius 2 is 0.768 bits per heavy atom. The van der Waals surface area contributed by atoms with Crippen LogP contribution in [0, 0.1) is 168 Å². The molecule has 0 aromatic heterocycles. The number of amides is 1. The summed E-state index contributed by atoms with van der Waals surface area (Å²) in [5.41, 5.74) is 4.18. The summed E-state index contributed by atoms with van der Waals surface area (Å²) in [5.74, 6) is 21.8. The molecule has 3 heteroatoms. The molecule has 12 aliphatic carbocycles. The molecule has 0 aromatic rings. The highest BCUT2D eigenvalue weighted by Crippen LogP contribution is 2.72. The van der Waals surface area contributed by atoms with Gasteiger partial charge in [0.1, 0.15) is 0 Å². The quantitative estimate of drug-likeness (QED) is 0.104. The maximum atomic E-state index is 12.5. The Morgan fingerprint density at radius 1 is 0.421 bits per heavy atom. The third-order valence-electron chi connectivity index (χ3n) is 36.8. The van der Waals surface area contributed by atoms with Gasteiger partial charge in [0.05, 0.1) is 6.61 Å². The SMILES string of the molecule is CCC(C)(CC)COCCC[C@@H](C)[C@H]1CC[C@H]2[C@@H]3CC[C@@H]4CC(C)CC[C@]4(C)[C@H]3CC[C@]12C.CCC(CC)CCC[C@@H](C)[C@H]1CC[C@H]2[C@@H]3CC[C@@H]4CC(C)CC[C@]4(C)[C@H]3CC[C@]12C.CCC(CC)NC(=O)CC[C@@H](C)[C@H]1CC[C@H]2[C@@H]3CC[C@@H]4CC(C)CC[C@]4(C)[C@H]3CC[C@]12C. The van der Waals surface area contributed by atoms with Crippen LogP contribution in [-0.2, 0) is 9.53 Å². The van der Waals surface area contributed by atoms with Gasteiger partial charge in [-0.15, -0.1) is 0 Å². The van der Waals surface area contributed by atoms with E-state index < -0.39 is 0 Å². The minimum absolute atomic E-state index is 0.284. The number of hydrogen-bond acceptors (Lipinski definition) is 2. The van der Waals surface area contributed by atoms with E-state index in [-0.39, 0.29) is 5.91 Å². The zero-order chi connectivity index (χ0) is 68.5. The van der Waals surface area contributed by atoms with E-state index in [4.69, 9.17) is 4.74 Å². The summed E-state index contributed by atoms with van der Waals surface area (Å²) < 4.78 is 6.16. The monoisotopic (exact) mass is 1320 g/mol. The fourth-order valence-corrected chi connectivity index (χ4v) is 29.8. The summed E-state index contributed by atoms with van der Waals surface area (Å²) in [6.07, 6.45) is 57.2. The zero-order valence-corrected chi connectivity index (χ0v) is 67.3. The van der Waals surface area contributed by atoms with Crippen molar-refractivity contribution >= 4 is 5.91 Å². The smallest absolute Gasteiger partial charge is 0.220 e. The van der Waals surface area contributed by atoms with Crippen molar-refractivity contribution in [3.05, 3.63) is 0 Å². The molecular weight excluding hydrogens is 1150 g/mol. The highest BCUT2D eigenvalue weighted by molar-refractivity contribution is 5.76. The molecule has 1 amide bonds. The lowest BCUT2D eigenvalue weighted by molar-refractivity contribution is -0.124. The predicted octanol–water partition coefficient (Wildman–Crippen LogP) is 27.1. The average Bonchev–Trinajstić information content (AvgIpc) is 1.71. The fourth-order valence-electron chi connectivity index (χ4n) is 29.8. The molecule has 0 spiro atoms. The molecule has 12 rings (SSSR count). The van der Waals surface area contributed by atoms with Gasteiger partial charge in [-0.2, -0.15) is 0 Å². The molecule has 550 valence electrons. The summed E-state index contributed by atoms with van der Waals surface area (Å²) in [5, 5.41) is 3.26.